The molecule has 1 amide bonds. The fourth-order valence-corrected chi connectivity index (χ4v) is 6.54. The van der Waals surface area contributed by atoms with Crippen LogP contribution in [0.1, 0.15) is 119 Å². The van der Waals surface area contributed by atoms with E-state index in [0.29, 0.717) is 0 Å². The fraction of sp³-hybridized carbons (Fsp3) is 0.518. The third-order valence-electron chi connectivity index (χ3n) is 10.1. The van der Waals surface area contributed by atoms with Crippen molar-refractivity contribution in [2.24, 2.45) is 17.8 Å². The largest absolute Gasteiger partial charge is 0.394 e. The third-order valence-corrected chi connectivity index (χ3v) is 10.1. The number of aliphatic hydroxyl groups is 1. The van der Waals surface area contributed by atoms with Gasteiger partial charge in [0.25, 0.3) is 5.91 Å². The first kappa shape index (κ1) is 52.9. The van der Waals surface area contributed by atoms with E-state index in [4.69, 9.17) is 18.9 Å². The van der Waals surface area contributed by atoms with Gasteiger partial charge in [0.05, 0.1) is 25.4 Å². The first-order chi connectivity index (χ1) is 30.6. The summed E-state index contributed by atoms with van der Waals surface area (Å²) >= 11 is 0. The van der Waals surface area contributed by atoms with Crippen molar-refractivity contribution in [3.63, 3.8) is 0 Å². The maximum absolute atomic E-state index is 13.2. The number of ether oxygens (including phenoxy) is 4. The monoisotopic (exact) mass is 841 g/mol. The molecule has 2 aliphatic rings. The van der Waals surface area contributed by atoms with Crippen LogP contribution >= 0.6 is 0 Å². The predicted octanol–water partition coefficient (Wildman–Crippen LogP) is 6.56. The zero-order chi connectivity index (χ0) is 45.8. The molecule has 2 unspecified atom stereocenters. The predicted molar refractivity (Wildman–Crippen MR) is 250 cm³/mol. The number of amides is 1. The van der Waals surface area contributed by atoms with Crippen molar-refractivity contribution < 1.29 is 28.8 Å². The standard InChI is InChI=1S/C56H59NO6/c1-8-10-12-14-16-18-20-22-23-24-25-26-27-28-29-30-31-32-34-36-38-40-42-44-53(59)57-50(46-60-55-49(5)47(3)48(4)52(45-58)61-55)54-51(62-56(6,7)63-54)43-41-39-37-35-33-21-19-17-15-13-11-9-2/h41,43,47-52,54-55,58H,9,11,13,15,17,19,21,33,35,37,39,45-46H2,1-7H3,(H,57,59)/t47-,48+,49?,50-,51+,52?,54-,55-/m0/s1. The van der Waals surface area contributed by atoms with Gasteiger partial charge in [-0.3, -0.25) is 4.79 Å². The van der Waals surface area contributed by atoms with Crippen LogP contribution in [0, 0.1) is 160 Å². The van der Waals surface area contributed by atoms with Crippen molar-refractivity contribution in [3.05, 3.63) is 12.2 Å². The van der Waals surface area contributed by atoms with Crippen LogP contribution in [0.3, 0.4) is 0 Å². The first-order valence-corrected chi connectivity index (χ1v) is 21.8. The smallest absolute Gasteiger partial charge is 0.297 e. The highest BCUT2D eigenvalue weighted by atomic mass is 16.8. The summed E-state index contributed by atoms with van der Waals surface area (Å²) in [5.74, 6) is 60.0. The van der Waals surface area contributed by atoms with E-state index in [1.54, 1.807) is 6.92 Å². The minimum atomic E-state index is -0.892. The van der Waals surface area contributed by atoms with Crippen LogP contribution in [0.25, 0.3) is 0 Å². The molecule has 2 heterocycles. The topological polar surface area (TPSA) is 86.3 Å². The summed E-state index contributed by atoms with van der Waals surface area (Å²) in [7, 11) is 0. The second kappa shape index (κ2) is 33.4. The van der Waals surface area contributed by atoms with Crippen molar-refractivity contribution in [2.45, 2.75) is 156 Å². The van der Waals surface area contributed by atoms with E-state index in [1.807, 2.05) is 19.9 Å². The van der Waals surface area contributed by atoms with Gasteiger partial charge in [-0.05, 0) is 140 Å². The molecule has 0 radical (unpaired) electrons. The molecule has 63 heavy (non-hydrogen) atoms. The fourth-order valence-electron chi connectivity index (χ4n) is 6.54. The molecule has 0 aromatic heterocycles. The Morgan fingerprint density at radius 1 is 0.651 bits per heavy atom. The molecule has 2 rings (SSSR count). The van der Waals surface area contributed by atoms with E-state index < -0.39 is 36.2 Å². The number of hydrogen-bond acceptors (Lipinski definition) is 6. The summed E-state index contributed by atoms with van der Waals surface area (Å²) in [6.07, 6.45) is 16.0. The Hall–Kier alpha value is -6.27. The Bertz CT molecular complexity index is 2320. The average molecular weight is 842 g/mol. The first-order valence-electron chi connectivity index (χ1n) is 21.8. The van der Waals surface area contributed by atoms with Crippen molar-refractivity contribution in [3.8, 4) is 142 Å². The number of nitrogens with one attached hydrogen (secondary N) is 1. The van der Waals surface area contributed by atoms with Crippen molar-refractivity contribution in [1.29, 1.82) is 0 Å². The summed E-state index contributed by atoms with van der Waals surface area (Å²) in [6, 6.07) is -0.642. The van der Waals surface area contributed by atoms with E-state index in [-0.39, 0.29) is 37.1 Å². The minimum Gasteiger partial charge on any atom is -0.394 e. The van der Waals surface area contributed by atoms with Gasteiger partial charge in [0.1, 0.15) is 12.2 Å². The molecule has 0 saturated carbocycles. The molecular formula is C56H59NO6. The van der Waals surface area contributed by atoms with Crippen LogP contribution in [0.15, 0.2) is 12.2 Å². The van der Waals surface area contributed by atoms with Crippen LogP contribution in [0.2, 0.25) is 0 Å². The van der Waals surface area contributed by atoms with E-state index in [9.17, 15) is 9.90 Å². The number of allylic oxidation sites excluding steroid dienone is 1. The van der Waals surface area contributed by atoms with E-state index in [2.05, 4.69) is 181 Å². The summed E-state index contributed by atoms with van der Waals surface area (Å²) in [6.45, 7) is 13.9. The lowest BCUT2D eigenvalue weighted by molar-refractivity contribution is -0.257. The molecule has 2 aliphatic heterocycles. The van der Waals surface area contributed by atoms with Gasteiger partial charge < -0.3 is 29.4 Å². The molecule has 0 aromatic rings. The Balaban J connectivity index is 2.03. The van der Waals surface area contributed by atoms with Gasteiger partial charge in [0.15, 0.2) is 12.1 Å². The normalized spacial score (nSPS) is 21.0. The molecule has 2 saturated heterocycles. The summed E-state index contributed by atoms with van der Waals surface area (Å²) in [5.41, 5.74) is 0. The molecule has 7 heteroatoms. The molecule has 0 spiro atoms. The van der Waals surface area contributed by atoms with Gasteiger partial charge in [0.2, 0.25) is 0 Å². The highest BCUT2D eigenvalue weighted by Gasteiger charge is 2.46. The number of carbonyl (C=O) groups excluding carboxylic acids is 1. The molecule has 2 fully saturated rings. The van der Waals surface area contributed by atoms with Gasteiger partial charge >= 0.3 is 0 Å². The summed E-state index contributed by atoms with van der Waals surface area (Å²) < 4.78 is 25.2. The molecule has 7 nitrogen and oxygen atoms in total. The van der Waals surface area contributed by atoms with E-state index in [0.717, 1.165) is 12.8 Å². The Kier molecular flexibility index (Phi) is 28.0. The van der Waals surface area contributed by atoms with Crippen LogP contribution in [-0.4, -0.2) is 60.7 Å². The molecule has 0 aromatic carbocycles. The lowest BCUT2D eigenvalue weighted by Gasteiger charge is -2.43. The second-order valence-electron chi connectivity index (χ2n) is 15.3. The summed E-state index contributed by atoms with van der Waals surface area (Å²) in [4.78, 5) is 13.2. The lowest BCUT2D eigenvalue weighted by Crippen LogP contribution is -2.52. The number of rotatable bonds is 18. The lowest BCUT2D eigenvalue weighted by atomic mass is 9.79. The third kappa shape index (κ3) is 24.1. The Morgan fingerprint density at radius 2 is 1.11 bits per heavy atom. The zero-order valence-corrected chi connectivity index (χ0v) is 38.0. The Labute approximate surface area is 379 Å². The summed E-state index contributed by atoms with van der Waals surface area (Å²) in [5, 5.41) is 12.9. The second-order valence-corrected chi connectivity index (χ2v) is 15.3. The number of hydrogen-bond donors (Lipinski definition) is 2. The zero-order valence-electron chi connectivity index (χ0n) is 38.0. The maximum Gasteiger partial charge on any atom is 0.297 e. The molecule has 0 bridgehead atoms. The molecule has 2 N–H and O–H groups in total. The van der Waals surface area contributed by atoms with Crippen molar-refractivity contribution >= 4 is 5.91 Å². The quantitative estimate of drug-likeness (QED) is 0.0925. The van der Waals surface area contributed by atoms with Gasteiger partial charge in [0, 0.05) is 47.4 Å². The SMILES string of the molecule is CC#CC#CC#CC#CC#CC#CC#CC#CC#CC#CC#CC#CC(=O)N[C@@H](CO[C@H]1OC(CO)[C@H](C)[C@H](C)C1C)[C@@H]1OC(C)(C)O[C@@H]1C=CCCCCCCCCCCCC. The van der Waals surface area contributed by atoms with Gasteiger partial charge in [-0.1, -0.05) is 104 Å². The molecule has 0 aliphatic carbocycles. The number of unbranched alkanes of at least 4 members (excludes halogenated alkanes) is 10. The van der Waals surface area contributed by atoms with Crippen LogP contribution < -0.4 is 5.32 Å². The average Bonchev–Trinajstić information content (AvgIpc) is 3.58. The molecule has 324 valence electrons. The van der Waals surface area contributed by atoms with Gasteiger partial charge in [-0.15, -0.1) is 0 Å². The van der Waals surface area contributed by atoms with Crippen LogP contribution in [0.4, 0.5) is 0 Å². The van der Waals surface area contributed by atoms with Gasteiger partial charge in [-0.2, -0.15) is 0 Å². The highest BCUT2D eigenvalue weighted by molar-refractivity contribution is 5.94. The maximum atomic E-state index is 13.2. The van der Waals surface area contributed by atoms with Crippen LogP contribution in [-0.2, 0) is 23.7 Å². The number of aliphatic hydroxyl groups excluding tert-OH is 1. The Morgan fingerprint density at radius 3 is 1.59 bits per heavy atom. The molecular weight excluding hydrogens is 783 g/mol. The van der Waals surface area contributed by atoms with E-state index >= 15 is 0 Å². The van der Waals surface area contributed by atoms with Crippen LogP contribution in [0.5, 0.6) is 0 Å². The van der Waals surface area contributed by atoms with Crippen molar-refractivity contribution in [2.75, 3.05) is 13.2 Å². The highest BCUT2D eigenvalue weighted by Crippen LogP contribution is 2.36. The minimum absolute atomic E-state index is 0.0532. The molecule has 8 atom stereocenters. The number of carbonyl (C=O) groups is 1. The van der Waals surface area contributed by atoms with Gasteiger partial charge in [-0.25, -0.2) is 0 Å². The van der Waals surface area contributed by atoms with Crippen molar-refractivity contribution in [1.82, 2.24) is 5.32 Å². The van der Waals surface area contributed by atoms with E-state index in [1.165, 1.54) is 57.8 Å².